The maximum Gasteiger partial charge on any atom is 0.299 e. The van der Waals surface area contributed by atoms with Crippen molar-refractivity contribution in [3.63, 3.8) is 0 Å². The Morgan fingerprint density at radius 2 is 2.10 bits per heavy atom. The smallest absolute Gasteiger partial charge is 0.265 e. The molecule has 0 bridgehead atoms. The van der Waals surface area contributed by atoms with E-state index in [1.807, 2.05) is 0 Å². The lowest BCUT2D eigenvalue weighted by atomic mass is 10.2. The number of nitrogens with zero attached hydrogens (tertiary/aromatic N) is 1. The van der Waals surface area contributed by atoms with Gasteiger partial charge < -0.3 is 0 Å². The number of hydroxylamine groups is 2. The summed E-state index contributed by atoms with van der Waals surface area (Å²) < 4.78 is 0. The first-order valence-electron chi connectivity index (χ1n) is 3.00. The molecule has 0 aromatic rings. The van der Waals surface area contributed by atoms with Gasteiger partial charge in [0.1, 0.15) is 0 Å². The molecule has 0 saturated carbocycles. The predicted octanol–water partition coefficient (Wildman–Crippen LogP) is 0.950. The van der Waals surface area contributed by atoms with Crippen LogP contribution < -0.4 is 0 Å². The molecule has 1 amide bonds. The minimum absolute atomic E-state index is 0.380. The van der Waals surface area contributed by atoms with Crippen molar-refractivity contribution < 1.29 is 15.2 Å². The summed E-state index contributed by atoms with van der Waals surface area (Å²) in [7, 11) is 0. The van der Waals surface area contributed by atoms with E-state index in [1.54, 1.807) is 19.9 Å². The van der Waals surface area contributed by atoms with E-state index >= 15 is 0 Å². The molecular weight excluding hydrogens is 134 g/mol. The van der Waals surface area contributed by atoms with E-state index in [9.17, 15) is 4.79 Å². The van der Waals surface area contributed by atoms with Crippen molar-refractivity contribution in [1.82, 2.24) is 5.23 Å². The zero-order chi connectivity index (χ0) is 8.15. The minimum Gasteiger partial charge on any atom is -0.265 e. The first-order chi connectivity index (χ1) is 4.63. The Morgan fingerprint density at radius 3 is 2.20 bits per heavy atom. The van der Waals surface area contributed by atoms with Crippen LogP contribution in [0.25, 0.3) is 0 Å². The van der Waals surface area contributed by atoms with Crippen molar-refractivity contribution >= 4 is 5.91 Å². The fraction of sp³-hybridized carbons (Fsp3) is 0.500. The van der Waals surface area contributed by atoms with Crippen molar-refractivity contribution in [1.29, 1.82) is 0 Å². The lowest BCUT2D eigenvalue weighted by molar-refractivity contribution is -0.281. The summed E-state index contributed by atoms with van der Waals surface area (Å²) in [6, 6.07) is 0. The predicted molar refractivity (Wildman–Crippen MR) is 34.5 cm³/mol. The van der Waals surface area contributed by atoms with Gasteiger partial charge in [0.05, 0.1) is 0 Å². The largest absolute Gasteiger partial charge is 0.299 e. The number of amides is 1. The molecular formula is C6H11NO3. The summed E-state index contributed by atoms with van der Waals surface area (Å²) in [4.78, 5) is 10.7. The van der Waals surface area contributed by atoms with E-state index in [2.05, 4.69) is 0 Å². The maximum absolute atomic E-state index is 10.7. The fourth-order valence-corrected chi connectivity index (χ4v) is 0.607. The molecule has 0 spiro atoms. The SMILES string of the molecule is C/C=C(/CC)C(=O)N(O)O. The average molecular weight is 145 g/mol. The third-order valence-electron chi connectivity index (χ3n) is 1.19. The second-order valence-electron chi connectivity index (χ2n) is 1.76. The number of rotatable bonds is 2. The summed E-state index contributed by atoms with van der Waals surface area (Å²) in [6.45, 7) is 3.43. The van der Waals surface area contributed by atoms with Crippen molar-refractivity contribution in [2.24, 2.45) is 0 Å². The van der Waals surface area contributed by atoms with Crippen molar-refractivity contribution in [3.8, 4) is 0 Å². The number of allylic oxidation sites excluding steroid dienone is 1. The van der Waals surface area contributed by atoms with E-state index in [0.29, 0.717) is 12.0 Å². The van der Waals surface area contributed by atoms with Crippen LogP contribution in [-0.4, -0.2) is 21.5 Å². The van der Waals surface area contributed by atoms with E-state index in [0.717, 1.165) is 0 Å². The third-order valence-corrected chi connectivity index (χ3v) is 1.19. The molecule has 0 aliphatic heterocycles. The lowest BCUT2D eigenvalue weighted by Crippen LogP contribution is -2.24. The van der Waals surface area contributed by atoms with Gasteiger partial charge >= 0.3 is 0 Å². The Hall–Kier alpha value is -0.870. The standard InChI is InChI=1S/C6H11NO3/c1-3-5(4-2)6(8)7(9)10/h3,9-10H,4H2,1-2H3/b5-3-. The van der Waals surface area contributed by atoms with Crippen LogP contribution in [-0.2, 0) is 4.79 Å². The summed E-state index contributed by atoms with van der Waals surface area (Å²) in [6.07, 6.45) is 2.04. The Balaban J connectivity index is 4.18. The molecule has 2 N–H and O–H groups in total. The molecule has 0 fully saturated rings. The molecule has 0 unspecified atom stereocenters. The lowest BCUT2D eigenvalue weighted by Gasteiger charge is -2.06. The van der Waals surface area contributed by atoms with Gasteiger partial charge in [-0.15, -0.1) is 0 Å². The van der Waals surface area contributed by atoms with Crippen LogP contribution in [0.5, 0.6) is 0 Å². The van der Waals surface area contributed by atoms with Gasteiger partial charge in [0.25, 0.3) is 5.91 Å². The fourth-order valence-electron chi connectivity index (χ4n) is 0.607. The van der Waals surface area contributed by atoms with E-state index in [-0.39, 0.29) is 0 Å². The molecule has 0 saturated heterocycles. The minimum atomic E-state index is -0.773. The molecule has 4 nitrogen and oxygen atoms in total. The molecule has 10 heavy (non-hydrogen) atoms. The second kappa shape index (κ2) is 4.03. The summed E-state index contributed by atoms with van der Waals surface area (Å²) in [5.74, 6) is -0.773. The van der Waals surface area contributed by atoms with Crippen LogP contribution in [0.3, 0.4) is 0 Å². The summed E-state index contributed by atoms with van der Waals surface area (Å²) in [5.41, 5.74) is 0.380. The molecule has 0 atom stereocenters. The van der Waals surface area contributed by atoms with E-state index < -0.39 is 11.1 Å². The molecule has 0 aromatic carbocycles. The maximum atomic E-state index is 10.7. The highest BCUT2D eigenvalue weighted by Gasteiger charge is 2.10. The zero-order valence-electron chi connectivity index (χ0n) is 6.03. The first kappa shape index (κ1) is 9.13. The Kier molecular flexibility index (Phi) is 3.68. The molecule has 0 aliphatic rings. The van der Waals surface area contributed by atoms with Crippen LogP contribution in [0.15, 0.2) is 11.6 Å². The molecule has 58 valence electrons. The highest BCUT2D eigenvalue weighted by Crippen LogP contribution is 2.02. The zero-order valence-corrected chi connectivity index (χ0v) is 6.03. The highest BCUT2D eigenvalue weighted by atomic mass is 16.8. The van der Waals surface area contributed by atoms with Gasteiger partial charge in [-0.1, -0.05) is 18.2 Å². The van der Waals surface area contributed by atoms with Crippen LogP contribution in [0.2, 0.25) is 0 Å². The van der Waals surface area contributed by atoms with Gasteiger partial charge in [0, 0.05) is 5.57 Å². The van der Waals surface area contributed by atoms with Gasteiger partial charge in [0.2, 0.25) is 0 Å². The Morgan fingerprint density at radius 1 is 1.60 bits per heavy atom. The van der Waals surface area contributed by atoms with E-state index in [4.69, 9.17) is 10.4 Å². The summed E-state index contributed by atoms with van der Waals surface area (Å²) >= 11 is 0. The topological polar surface area (TPSA) is 60.8 Å². The average Bonchev–Trinajstić information content (AvgIpc) is 1.90. The third kappa shape index (κ3) is 2.16. The van der Waals surface area contributed by atoms with Crippen LogP contribution in [0.4, 0.5) is 0 Å². The molecule has 4 heteroatoms. The van der Waals surface area contributed by atoms with Gasteiger partial charge in [-0.25, -0.2) is 0 Å². The molecule has 0 radical (unpaired) electrons. The highest BCUT2D eigenvalue weighted by molar-refractivity contribution is 5.91. The van der Waals surface area contributed by atoms with Gasteiger partial charge in [0.15, 0.2) is 0 Å². The normalized spacial score (nSPS) is 11.4. The number of hydrogen-bond donors (Lipinski definition) is 2. The molecule has 0 heterocycles. The number of carbonyl (C=O) groups is 1. The van der Waals surface area contributed by atoms with Crippen LogP contribution in [0.1, 0.15) is 20.3 Å². The Bertz CT molecular complexity index is 151. The van der Waals surface area contributed by atoms with Crippen molar-refractivity contribution in [2.75, 3.05) is 0 Å². The molecule has 0 rings (SSSR count). The van der Waals surface area contributed by atoms with Gasteiger partial charge in [-0.2, -0.15) is 0 Å². The monoisotopic (exact) mass is 145 g/mol. The first-order valence-corrected chi connectivity index (χ1v) is 3.00. The quantitative estimate of drug-likeness (QED) is 0.345. The molecule has 0 aliphatic carbocycles. The van der Waals surface area contributed by atoms with E-state index in [1.165, 1.54) is 0 Å². The summed E-state index contributed by atoms with van der Waals surface area (Å²) in [5, 5.41) is 16.1. The molecule has 0 aromatic heterocycles. The second-order valence-corrected chi connectivity index (χ2v) is 1.76. The number of carbonyl (C=O) groups excluding carboxylic acids is 1. The van der Waals surface area contributed by atoms with Gasteiger partial charge in [-0.3, -0.25) is 15.2 Å². The number of hydrogen-bond acceptors (Lipinski definition) is 3. The van der Waals surface area contributed by atoms with Crippen molar-refractivity contribution in [2.45, 2.75) is 20.3 Å². The van der Waals surface area contributed by atoms with Crippen LogP contribution >= 0.6 is 0 Å². The van der Waals surface area contributed by atoms with Gasteiger partial charge in [-0.05, 0) is 13.3 Å². The Labute approximate surface area is 59.3 Å². The van der Waals surface area contributed by atoms with Crippen LogP contribution in [0, 0.1) is 0 Å². The van der Waals surface area contributed by atoms with Crippen molar-refractivity contribution in [3.05, 3.63) is 11.6 Å².